The molecule has 0 aromatic heterocycles. The molecule has 0 aliphatic carbocycles. The molecule has 130 valence electrons. The largest absolute Gasteiger partial charge is 0.461 e. The second-order valence-corrected chi connectivity index (χ2v) is 4.65. The summed E-state index contributed by atoms with van der Waals surface area (Å²) in [5, 5.41) is 2.66. The highest BCUT2D eigenvalue weighted by atomic mass is 19.4. The van der Waals surface area contributed by atoms with Gasteiger partial charge in [0.05, 0.1) is 5.56 Å². The lowest BCUT2D eigenvalue weighted by Crippen LogP contribution is -2.35. The molecule has 0 bridgehead atoms. The molecule has 9 heteroatoms. The SMILES string of the molecule is CCc1cc(C(=O)OCCNC)c(F)cc1C(F)(F)C(F)(F)F. The molecule has 0 heterocycles. The summed E-state index contributed by atoms with van der Waals surface area (Å²) in [5.41, 5.74) is -2.66. The number of aryl methyl sites for hydroxylation is 1. The topological polar surface area (TPSA) is 38.3 Å². The molecule has 0 saturated carbocycles. The smallest absolute Gasteiger partial charge is 0.458 e. The van der Waals surface area contributed by atoms with E-state index in [0.29, 0.717) is 6.07 Å². The Morgan fingerprint density at radius 2 is 1.83 bits per heavy atom. The Morgan fingerprint density at radius 1 is 1.22 bits per heavy atom. The number of carbonyl (C=O) groups excluding carboxylic acids is 1. The fraction of sp³-hybridized carbons (Fsp3) is 0.500. The fourth-order valence-electron chi connectivity index (χ4n) is 1.84. The molecule has 0 aliphatic rings. The van der Waals surface area contributed by atoms with E-state index in [9.17, 15) is 31.1 Å². The summed E-state index contributed by atoms with van der Waals surface area (Å²) in [4.78, 5) is 11.7. The van der Waals surface area contributed by atoms with Crippen molar-refractivity contribution in [2.24, 2.45) is 0 Å². The fourth-order valence-corrected chi connectivity index (χ4v) is 1.84. The summed E-state index contributed by atoms with van der Waals surface area (Å²) in [7, 11) is 1.58. The van der Waals surface area contributed by atoms with Crippen molar-refractivity contribution in [1.82, 2.24) is 5.32 Å². The van der Waals surface area contributed by atoms with Gasteiger partial charge in [-0.15, -0.1) is 0 Å². The van der Waals surface area contributed by atoms with Crippen molar-refractivity contribution in [3.05, 3.63) is 34.6 Å². The first-order valence-corrected chi connectivity index (χ1v) is 6.65. The standard InChI is InChI=1S/C14H15F6NO2/c1-3-8-6-9(12(22)23-5-4-21-2)11(15)7-10(8)13(16,17)14(18,19)20/h6-7,21H,3-5H2,1-2H3. The third-order valence-corrected chi connectivity index (χ3v) is 3.07. The molecule has 0 fully saturated rings. The van der Waals surface area contributed by atoms with Gasteiger partial charge in [0.1, 0.15) is 12.4 Å². The van der Waals surface area contributed by atoms with Crippen LogP contribution in [0.2, 0.25) is 0 Å². The van der Waals surface area contributed by atoms with E-state index in [0.717, 1.165) is 0 Å². The van der Waals surface area contributed by atoms with E-state index in [2.05, 4.69) is 5.32 Å². The number of rotatable bonds is 6. The number of halogens is 6. The maximum Gasteiger partial charge on any atom is 0.458 e. The van der Waals surface area contributed by atoms with Gasteiger partial charge in [0, 0.05) is 12.1 Å². The zero-order chi connectivity index (χ0) is 17.8. The summed E-state index contributed by atoms with van der Waals surface area (Å²) in [6.45, 7) is 1.49. The van der Waals surface area contributed by atoms with Crippen LogP contribution in [0.25, 0.3) is 0 Å². The van der Waals surface area contributed by atoms with Crippen LogP contribution in [0.1, 0.15) is 28.4 Å². The number of hydrogen-bond donors (Lipinski definition) is 1. The number of ether oxygens (including phenoxy) is 1. The van der Waals surface area contributed by atoms with Gasteiger partial charge in [0.2, 0.25) is 0 Å². The average Bonchev–Trinajstić information content (AvgIpc) is 2.45. The summed E-state index contributed by atoms with van der Waals surface area (Å²) >= 11 is 0. The van der Waals surface area contributed by atoms with Crippen molar-refractivity contribution in [2.45, 2.75) is 25.4 Å². The quantitative estimate of drug-likeness (QED) is 0.489. The lowest BCUT2D eigenvalue weighted by Gasteiger charge is -2.23. The van der Waals surface area contributed by atoms with Crippen molar-refractivity contribution in [1.29, 1.82) is 0 Å². The van der Waals surface area contributed by atoms with Crippen LogP contribution in [-0.4, -0.2) is 32.3 Å². The van der Waals surface area contributed by atoms with Crippen LogP contribution in [0.5, 0.6) is 0 Å². The maximum atomic E-state index is 13.8. The third kappa shape index (κ3) is 4.15. The van der Waals surface area contributed by atoms with E-state index in [4.69, 9.17) is 4.74 Å². The molecule has 1 N–H and O–H groups in total. The van der Waals surface area contributed by atoms with E-state index < -0.39 is 40.6 Å². The van der Waals surface area contributed by atoms with E-state index in [1.165, 1.54) is 6.92 Å². The number of likely N-dealkylation sites (N-methyl/N-ethyl adjacent to an activating group) is 1. The highest BCUT2D eigenvalue weighted by Crippen LogP contribution is 2.45. The van der Waals surface area contributed by atoms with Crippen molar-refractivity contribution >= 4 is 5.97 Å². The molecule has 0 aliphatic heterocycles. The zero-order valence-corrected chi connectivity index (χ0v) is 12.4. The lowest BCUT2D eigenvalue weighted by atomic mass is 9.96. The van der Waals surface area contributed by atoms with Crippen LogP contribution >= 0.6 is 0 Å². The van der Waals surface area contributed by atoms with Crippen LogP contribution in [0.4, 0.5) is 26.3 Å². The number of benzene rings is 1. The highest BCUT2D eigenvalue weighted by molar-refractivity contribution is 5.90. The first kappa shape index (κ1) is 19.3. The van der Waals surface area contributed by atoms with Crippen molar-refractivity contribution in [2.75, 3.05) is 20.2 Å². The number of hydrogen-bond acceptors (Lipinski definition) is 3. The number of esters is 1. The van der Waals surface area contributed by atoms with Gasteiger partial charge in [-0.1, -0.05) is 6.92 Å². The molecule has 0 radical (unpaired) electrons. The van der Waals surface area contributed by atoms with Crippen LogP contribution in [0, 0.1) is 5.82 Å². The molecular formula is C14H15F6NO2. The number of nitrogens with one attached hydrogen (secondary N) is 1. The van der Waals surface area contributed by atoms with E-state index in [1.54, 1.807) is 7.05 Å². The Hall–Kier alpha value is -1.77. The predicted molar refractivity (Wildman–Crippen MR) is 69.9 cm³/mol. The van der Waals surface area contributed by atoms with Gasteiger partial charge >= 0.3 is 18.1 Å². The Labute approximate surface area is 128 Å². The molecule has 0 atom stereocenters. The minimum Gasteiger partial charge on any atom is -0.461 e. The van der Waals surface area contributed by atoms with Crippen LogP contribution in [-0.2, 0) is 17.1 Å². The zero-order valence-electron chi connectivity index (χ0n) is 12.4. The van der Waals surface area contributed by atoms with Crippen LogP contribution in [0.3, 0.4) is 0 Å². The molecule has 1 aromatic rings. The first-order chi connectivity index (χ1) is 10.6. The number of carbonyl (C=O) groups is 1. The minimum atomic E-state index is -5.86. The van der Waals surface area contributed by atoms with Gasteiger partial charge in [-0.25, -0.2) is 9.18 Å². The normalized spacial score (nSPS) is 12.3. The molecule has 23 heavy (non-hydrogen) atoms. The van der Waals surface area contributed by atoms with Crippen molar-refractivity contribution < 1.29 is 35.9 Å². The van der Waals surface area contributed by atoms with Crippen LogP contribution in [0.15, 0.2) is 12.1 Å². The monoisotopic (exact) mass is 343 g/mol. The molecule has 0 unspecified atom stereocenters. The van der Waals surface area contributed by atoms with Gasteiger partial charge < -0.3 is 10.1 Å². The molecule has 0 saturated heterocycles. The van der Waals surface area contributed by atoms with E-state index in [1.807, 2.05) is 0 Å². The molecule has 1 rings (SSSR count). The first-order valence-electron chi connectivity index (χ1n) is 6.65. The Morgan fingerprint density at radius 3 is 2.30 bits per heavy atom. The maximum absolute atomic E-state index is 13.8. The predicted octanol–water partition coefficient (Wildman–Crippen LogP) is 3.42. The molecule has 0 spiro atoms. The van der Waals surface area contributed by atoms with E-state index >= 15 is 0 Å². The van der Waals surface area contributed by atoms with Gasteiger partial charge in [-0.3, -0.25) is 0 Å². The van der Waals surface area contributed by atoms with Gasteiger partial charge in [0.15, 0.2) is 0 Å². The van der Waals surface area contributed by atoms with Gasteiger partial charge in [-0.2, -0.15) is 22.0 Å². The summed E-state index contributed by atoms with van der Waals surface area (Å²) in [5.74, 6) is -7.83. The van der Waals surface area contributed by atoms with Crippen molar-refractivity contribution in [3.63, 3.8) is 0 Å². The van der Waals surface area contributed by atoms with Crippen LogP contribution < -0.4 is 5.32 Å². The average molecular weight is 343 g/mol. The Balaban J connectivity index is 3.25. The van der Waals surface area contributed by atoms with Crippen molar-refractivity contribution in [3.8, 4) is 0 Å². The van der Waals surface area contributed by atoms with Gasteiger partial charge in [-0.05, 0) is 31.2 Å². The summed E-state index contributed by atoms with van der Waals surface area (Å²) in [6.07, 6.45) is -6.10. The highest BCUT2D eigenvalue weighted by Gasteiger charge is 2.59. The second kappa shape index (κ2) is 7.20. The summed E-state index contributed by atoms with van der Waals surface area (Å²) < 4.78 is 82.8. The Bertz CT molecular complexity index is 571. The van der Waals surface area contributed by atoms with Gasteiger partial charge in [0.25, 0.3) is 0 Å². The Kier molecular flexibility index (Phi) is 6.04. The molecule has 0 amide bonds. The molecular weight excluding hydrogens is 328 g/mol. The minimum absolute atomic E-state index is 0.0426. The lowest BCUT2D eigenvalue weighted by molar-refractivity contribution is -0.289. The van der Waals surface area contributed by atoms with E-state index in [-0.39, 0.29) is 25.6 Å². The summed E-state index contributed by atoms with van der Waals surface area (Å²) in [6, 6.07) is 0.715. The third-order valence-electron chi connectivity index (χ3n) is 3.07. The number of alkyl halides is 5. The molecule has 3 nitrogen and oxygen atoms in total. The second-order valence-electron chi connectivity index (χ2n) is 4.65. The molecule has 1 aromatic carbocycles.